The first-order valence-electron chi connectivity index (χ1n) is 6.65. The number of nitrogens with zero attached hydrogens (tertiary/aromatic N) is 1. The van der Waals surface area contributed by atoms with E-state index in [1.807, 2.05) is 39.0 Å². The van der Waals surface area contributed by atoms with E-state index in [0.29, 0.717) is 6.61 Å². The third-order valence-electron chi connectivity index (χ3n) is 2.52. The molecule has 0 aliphatic carbocycles. The first kappa shape index (κ1) is 14.6. The van der Waals surface area contributed by atoms with E-state index in [4.69, 9.17) is 4.74 Å². The number of carbonyl (C=O) groups excluding carboxylic acids is 1. The fourth-order valence-corrected chi connectivity index (χ4v) is 2.66. The van der Waals surface area contributed by atoms with Crippen LogP contribution in [0, 0.1) is 0 Å². The number of ether oxygens (including phenoxy) is 1. The number of thiazole rings is 1. The molecule has 2 N–H and O–H groups in total. The Bertz CT molecular complexity index is 595. The van der Waals surface area contributed by atoms with Gasteiger partial charge in [0, 0.05) is 6.04 Å². The first-order valence-corrected chi connectivity index (χ1v) is 7.46. The zero-order chi connectivity index (χ0) is 14.5. The number of fused-ring (bicyclic) bond motifs is 1. The monoisotopic (exact) mass is 293 g/mol. The lowest BCUT2D eigenvalue weighted by Crippen LogP contribution is -2.34. The van der Waals surface area contributed by atoms with Gasteiger partial charge >= 0.3 is 0 Å². The molecule has 6 heteroatoms. The number of nitrogens with one attached hydrogen (secondary N) is 2. The Kier molecular flexibility index (Phi) is 4.79. The molecule has 0 spiro atoms. The maximum absolute atomic E-state index is 11.6. The highest BCUT2D eigenvalue weighted by Gasteiger charge is 2.07. The van der Waals surface area contributed by atoms with Crippen LogP contribution in [0.5, 0.6) is 5.75 Å². The fourth-order valence-electron chi connectivity index (χ4n) is 1.77. The van der Waals surface area contributed by atoms with Crippen molar-refractivity contribution in [3.05, 3.63) is 18.2 Å². The van der Waals surface area contributed by atoms with Gasteiger partial charge in [0.15, 0.2) is 5.13 Å². The van der Waals surface area contributed by atoms with Crippen LogP contribution < -0.4 is 15.4 Å². The largest absolute Gasteiger partial charge is 0.494 e. The van der Waals surface area contributed by atoms with E-state index in [1.165, 1.54) is 11.3 Å². The lowest BCUT2D eigenvalue weighted by Gasteiger charge is -2.07. The number of amides is 1. The minimum absolute atomic E-state index is 0.0331. The first-order chi connectivity index (χ1) is 9.58. The average molecular weight is 293 g/mol. The van der Waals surface area contributed by atoms with Crippen molar-refractivity contribution in [2.75, 3.05) is 18.5 Å². The molecule has 0 bridgehead atoms. The Morgan fingerprint density at radius 1 is 1.45 bits per heavy atom. The molecule has 2 rings (SSSR count). The Balaban J connectivity index is 2.02. The van der Waals surface area contributed by atoms with Crippen LogP contribution in [-0.4, -0.2) is 30.1 Å². The molecule has 0 fully saturated rings. The molecule has 0 atom stereocenters. The summed E-state index contributed by atoms with van der Waals surface area (Å²) in [6, 6.07) is 5.95. The number of hydrogen-bond acceptors (Lipinski definition) is 5. The number of anilines is 1. The summed E-state index contributed by atoms with van der Waals surface area (Å²) in [6.45, 7) is 6.70. The summed E-state index contributed by atoms with van der Waals surface area (Å²) in [7, 11) is 0. The maximum atomic E-state index is 11.6. The Morgan fingerprint density at radius 2 is 2.25 bits per heavy atom. The van der Waals surface area contributed by atoms with Crippen molar-refractivity contribution in [1.82, 2.24) is 10.3 Å². The van der Waals surface area contributed by atoms with E-state index in [9.17, 15) is 4.79 Å². The summed E-state index contributed by atoms with van der Waals surface area (Å²) < 4.78 is 6.50. The molecule has 0 radical (unpaired) electrons. The molecule has 108 valence electrons. The molecule has 0 aliphatic rings. The molecular formula is C14H19N3O2S. The predicted octanol–water partition coefficient (Wildman–Crippen LogP) is 2.63. The fraction of sp³-hybridized carbons (Fsp3) is 0.429. The van der Waals surface area contributed by atoms with Gasteiger partial charge in [-0.25, -0.2) is 4.98 Å². The van der Waals surface area contributed by atoms with Crippen molar-refractivity contribution in [2.45, 2.75) is 26.8 Å². The van der Waals surface area contributed by atoms with Crippen LogP contribution in [0.25, 0.3) is 10.2 Å². The Hall–Kier alpha value is -1.82. The van der Waals surface area contributed by atoms with Crippen LogP contribution in [0.4, 0.5) is 5.13 Å². The summed E-state index contributed by atoms with van der Waals surface area (Å²) in [5.41, 5.74) is 0.908. The number of rotatable bonds is 6. The smallest absolute Gasteiger partial charge is 0.239 e. The van der Waals surface area contributed by atoms with Crippen molar-refractivity contribution in [1.29, 1.82) is 0 Å². The van der Waals surface area contributed by atoms with E-state index in [2.05, 4.69) is 15.6 Å². The summed E-state index contributed by atoms with van der Waals surface area (Å²) in [6.07, 6.45) is 0. The van der Waals surface area contributed by atoms with Crippen LogP contribution in [0.3, 0.4) is 0 Å². The van der Waals surface area contributed by atoms with Gasteiger partial charge in [0.05, 0.1) is 23.4 Å². The summed E-state index contributed by atoms with van der Waals surface area (Å²) in [4.78, 5) is 16.0. The second-order valence-corrected chi connectivity index (χ2v) is 5.69. The van der Waals surface area contributed by atoms with Gasteiger partial charge in [-0.05, 0) is 39.0 Å². The summed E-state index contributed by atoms with van der Waals surface area (Å²) in [5.74, 6) is 0.807. The third-order valence-corrected chi connectivity index (χ3v) is 3.50. The molecule has 0 saturated heterocycles. The minimum atomic E-state index is -0.0331. The topological polar surface area (TPSA) is 63.2 Å². The summed E-state index contributed by atoms with van der Waals surface area (Å²) >= 11 is 1.52. The van der Waals surface area contributed by atoms with Gasteiger partial charge in [-0.15, -0.1) is 0 Å². The molecule has 0 saturated carbocycles. The normalized spacial score (nSPS) is 10.8. The van der Waals surface area contributed by atoms with Gasteiger partial charge < -0.3 is 15.4 Å². The number of carbonyl (C=O) groups is 1. The van der Waals surface area contributed by atoms with Crippen LogP contribution in [0.15, 0.2) is 18.2 Å². The summed E-state index contributed by atoms with van der Waals surface area (Å²) in [5, 5.41) is 6.62. The SMILES string of the molecule is CCOc1ccc2nc(NCC(=O)NC(C)C)sc2c1. The van der Waals surface area contributed by atoms with E-state index >= 15 is 0 Å². The highest BCUT2D eigenvalue weighted by molar-refractivity contribution is 7.22. The lowest BCUT2D eigenvalue weighted by molar-refractivity contribution is -0.119. The molecule has 5 nitrogen and oxygen atoms in total. The molecule has 1 aromatic heterocycles. The minimum Gasteiger partial charge on any atom is -0.494 e. The van der Waals surface area contributed by atoms with Gasteiger partial charge in [0.25, 0.3) is 0 Å². The number of aromatic nitrogens is 1. The molecule has 2 aromatic rings. The zero-order valence-corrected chi connectivity index (χ0v) is 12.7. The van der Waals surface area contributed by atoms with E-state index in [-0.39, 0.29) is 18.5 Å². The van der Waals surface area contributed by atoms with Crippen molar-refractivity contribution in [3.8, 4) is 5.75 Å². The molecule has 1 heterocycles. The van der Waals surface area contributed by atoms with Crippen molar-refractivity contribution < 1.29 is 9.53 Å². The standard InChI is InChI=1S/C14H19N3O2S/c1-4-19-10-5-6-11-12(7-10)20-14(17-11)15-8-13(18)16-9(2)3/h5-7,9H,4,8H2,1-3H3,(H,15,17)(H,16,18). The predicted molar refractivity (Wildman–Crippen MR) is 82.6 cm³/mol. The Morgan fingerprint density at radius 3 is 2.95 bits per heavy atom. The second kappa shape index (κ2) is 6.56. The van der Waals surface area contributed by atoms with Gasteiger partial charge in [-0.1, -0.05) is 11.3 Å². The molecule has 0 unspecified atom stereocenters. The Labute approximate surface area is 122 Å². The van der Waals surface area contributed by atoms with Crippen LogP contribution in [-0.2, 0) is 4.79 Å². The van der Waals surface area contributed by atoms with Crippen LogP contribution >= 0.6 is 11.3 Å². The van der Waals surface area contributed by atoms with Gasteiger partial charge in [-0.2, -0.15) is 0 Å². The number of benzene rings is 1. The third kappa shape index (κ3) is 3.84. The highest BCUT2D eigenvalue weighted by atomic mass is 32.1. The molecule has 20 heavy (non-hydrogen) atoms. The number of hydrogen-bond donors (Lipinski definition) is 2. The van der Waals surface area contributed by atoms with Gasteiger partial charge in [-0.3, -0.25) is 4.79 Å². The highest BCUT2D eigenvalue weighted by Crippen LogP contribution is 2.29. The lowest BCUT2D eigenvalue weighted by atomic mass is 10.3. The van der Waals surface area contributed by atoms with Gasteiger partial charge in [0.2, 0.25) is 5.91 Å². The zero-order valence-electron chi connectivity index (χ0n) is 11.9. The second-order valence-electron chi connectivity index (χ2n) is 4.66. The van der Waals surface area contributed by atoms with E-state index in [0.717, 1.165) is 21.1 Å². The van der Waals surface area contributed by atoms with Crippen LogP contribution in [0.1, 0.15) is 20.8 Å². The molecule has 1 aromatic carbocycles. The van der Waals surface area contributed by atoms with Crippen LogP contribution in [0.2, 0.25) is 0 Å². The molecular weight excluding hydrogens is 274 g/mol. The quantitative estimate of drug-likeness (QED) is 0.859. The van der Waals surface area contributed by atoms with E-state index < -0.39 is 0 Å². The van der Waals surface area contributed by atoms with Gasteiger partial charge in [0.1, 0.15) is 5.75 Å². The maximum Gasteiger partial charge on any atom is 0.239 e. The van der Waals surface area contributed by atoms with Crippen molar-refractivity contribution in [3.63, 3.8) is 0 Å². The molecule has 1 amide bonds. The molecule has 0 aliphatic heterocycles. The average Bonchev–Trinajstić information content (AvgIpc) is 2.78. The van der Waals surface area contributed by atoms with Crippen molar-refractivity contribution >= 4 is 32.6 Å². The van der Waals surface area contributed by atoms with E-state index in [1.54, 1.807) is 0 Å². The van der Waals surface area contributed by atoms with Crippen molar-refractivity contribution in [2.24, 2.45) is 0 Å².